The van der Waals surface area contributed by atoms with E-state index >= 15 is 0 Å². The van der Waals surface area contributed by atoms with Crippen molar-refractivity contribution in [3.8, 4) is 0 Å². The highest BCUT2D eigenvalue weighted by molar-refractivity contribution is 4.40. The highest BCUT2D eigenvalue weighted by Crippen LogP contribution is 1.66. The van der Waals surface area contributed by atoms with Gasteiger partial charge in [-0.3, -0.25) is 0 Å². The van der Waals surface area contributed by atoms with Gasteiger partial charge in [-0.15, -0.1) is 0 Å². The van der Waals surface area contributed by atoms with Crippen LogP contribution in [0, 0.1) is 0 Å². The lowest BCUT2D eigenvalue weighted by molar-refractivity contribution is 0.668. The second-order valence-electron chi connectivity index (χ2n) is 0.625. The Bertz CT molecular complexity index is 142. The molecule has 0 aromatic rings. The first-order valence-electron chi connectivity index (χ1n) is 4.75. The van der Waals surface area contributed by atoms with Gasteiger partial charge in [0.25, 0.3) is 0 Å². The monoisotopic (exact) mass is 80.1 g/mol. The van der Waals surface area contributed by atoms with Crippen LogP contribution in [0.15, 0.2) is 0 Å². The molecule has 0 aliphatic carbocycles. The molecule has 1 N–H and O–H groups in total. The molecular weight excluding hydrogens is 62.1 g/mol. The summed E-state index contributed by atoms with van der Waals surface area (Å²) in [6.45, 7) is -5.74. The van der Waals surface area contributed by atoms with Crippen molar-refractivity contribution in [1.29, 1.82) is 0 Å². The topological polar surface area (TPSA) is 12.0 Å². The van der Waals surface area contributed by atoms with Crippen molar-refractivity contribution in [2.75, 3.05) is 7.05 Å². The first kappa shape index (κ1) is 0.648. The van der Waals surface area contributed by atoms with Gasteiger partial charge >= 0.3 is 0 Å². The Morgan fingerprint density at radius 2 is 2.60 bits per heavy atom. The van der Waals surface area contributed by atoms with E-state index in [2.05, 4.69) is 0 Å². The van der Waals surface area contributed by atoms with E-state index in [1.165, 1.54) is 0 Å². The predicted molar refractivity (Wildman–Crippen MR) is 24.2 cm³/mol. The second-order valence-corrected chi connectivity index (χ2v) is 0.625. The molecular formula is C4H11N. The largest absolute Gasteiger partial charge is 0.318 e. The molecule has 32 valence electrons. The standard InChI is InChI=1S/C4H11N/c1-4(2)5-3/h4-5H,1-3H3/i1D3,2D3,4D. The molecule has 0 rings (SSSR count). The van der Waals surface area contributed by atoms with Gasteiger partial charge in [0.2, 0.25) is 0 Å². The van der Waals surface area contributed by atoms with Crippen LogP contribution in [0.4, 0.5) is 0 Å². The van der Waals surface area contributed by atoms with Crippen LogP contribution in [0.5, 0.6) is 0 Å². The summed E-state index contributed by atoms with van der Waals surface area (Å²) in [4.78, 5) is 0. The minimum atomic E-state index is -2.87. The Morgan fingerprint density at radius 1 is 2.00 bits per heavy atom. The molecule has 0 radical (unpaired) electrons. The number of rotatable bonds is 1. The lowest BCUT2D eigenvalue weighted by Gasteiger charge is -1.95. The van der Waals surface area contributed by atoms with Crippen LogP contribution in [-0.2, 0) is 0 Å². The highest BCUT2D eigenvalue weighted by atomic mass is 14.8. The van der Waals surface area contributed by atoms with Crippen molar-refractivity contribution in [1.82, 2.24) is 5.32 Å². The first-order valence-corrected chi connectivity index (χ1v) is 1.25. The summed E-state index contributed by atoms with van der Waals surface area (Å²) in [6, 6.07) is -2.58. The van der Waals surface area contributed by atoms with Gasteiger partial charge in [0.1, 0.15) is 0 Å². The van der Waals surface area contributed by atoms with Crippen molar-refractivity contribution in [3.63, 3.8) is 0 Å². The van der Waals surface area contributed by atoms with Gasteiger partial charge in [-0.1, -0.05) is 13.7 Å². The van der Waals surface area contributed by atoms with E-state index in [4.69, 9.17) is 9.60 Å². The highest BCUT2D eigenvalue weighted by Gasteiger charge is 1.76. The van der Waals surface area contributed by atoms with E-state index < -0.39 is 19.7 Å². The Hall–Kier alpha value is -0.0400. The van der Waals surface area contributed by atoms with Crippen LogP contribution in [0.2, 0.25) is 0 Å². The fourth-order valence-corrected chi connectivity index (χ4v) is 0. The molecule has 0 aromatic heterocycles. The fraction of sp³-hybridized carbons (Fsp3) is 1.00. The molecule has 0 aliphatic rings. The van der Waals surface area contributed by atoms with Gasteiger partial charge in [-0.25, -0.2) is 0 Å². The smallest absolute Gasteiger partial charge is 0.0459 e. The van der Waals surface area contributed by atoms with Crippen LogP contribution in [0.1, 0.15) is 23.3 Å². The van der Waals surface area contributed by atoms with Crippen molar-refractivity contribution in [3.05, 3.63) is 0 Å². The van der Waals surface area contributed by atoms with Gasteiger partial charge in [0, 0.05) is 15.6 Å². The van der Waals surface area contributed by atoms with Gasteiger partial charge in [-0.05, 0) is 7.05 Å². The Balaban J connectivity index is 4.95. The van der Waals surface area contributed by atoms with Crippen molar-refractivity contribution < 1.29 is 9.60 Å². The minimum absolute atomic E-state index is 1.14. The zero-order chi connectivity index (χ0) is 10.2. The molecule has 5 heavy (non-hydrogen) atoms. The van der Waals surface area contributed by atoms with Crippen LogP contribution >= 0.6 is 0 Å². The van der Waals surface area contributed by atoms with E-state index in [9.17, 15) is 0 Å². The summed E-state index contributed by atoms with van der Waals surface area (Å²) in [7, 11) is 1.14. The van der Waals surface area contributed by atoms with Gasteiger partial charge in [0.15, 0.2) is 0 Å². The summed E-state index contributed by atoms with van der Waals surface area (Å²) in [5.74, 6) is 0. The van der Waals surface area contributed by atoms with Gasteiger partial charge < -0.3 is 5.32 Å². The molecule has 0 bridgehead atoms. The molecule has 0 amide bonds. The SMILES string of the molecule is [2H]C([2H])([2H])C([2H])(NC)C([2H])([2H])[2H]. The van der Waals surface area contributed by atoms with E-state index in [0.29, 0.717) is 0 Å². The van der Waals surface area contributed by atoms with Crippen LogP contribution < -0.4 is 5.32 Å². The maximum atomic E-state index is 7.24. The molecule has 0 aliphatic heterocycles. The first-order chi connectivity index (χ1) is 5.06. The summed E-state index contributed by atoms with van der Waals surface area (Å²) in [6.07, 6.45) is 0. The summed E-state index contributed by atoms with van der Waals surface area (Å²) >= 11 is 0. The predicted octanol–water partition coefficient (Wildman–Crippen LogP) is 0.614. The van der Waals surface area contributed by atoms with Gasteiger partial charge in [-0.2, -0.15) is 0 Å². The average molecular weight is 80.2 g/mol. The molecule has 0 aromatic carbocycles. The van der Waals surface area contributed by atoms with E-state index in [0.717, 1.165) is 7.05 Å². The molecule has 0 heterocycles. The molecule has 0 saturated heterocycles. The summed E-state index contributed by atoms with van der Waals surface area (Å²) in [5.41, 5.74) is 0. The minimum Gasteiger partial charge on any atom is -0.318 e. The maximum absolute atomic E-state index is 7.24. The molecule has 0 spiro atoms. The molecule has 0 saturated carbocycles. The number of hydrogen-bond donors (Lipinski definition) is 1. The van der Waals surface area contributed by atoms with E-state index in [1.807, 2.05) is 5.32 Å². The average Bonchev–Trinajstić information content (AvgIpc) is 1.81. The number of hydrogen-bond acceptors (Lipinski definition) is 1. The number of nitrogens with one attached hydrogen (secondary N) is 1. The van der Waals surface area contributed by atoms with Crippen LogP contribution in [0.25, 0.3) is 0 Å². The Morgan fingerprint density at radius 3 is 2.60 bits per heavy atom. The van der Waals surface area contributed by atoms with Crippen molar-refractivity contribution in [2.24, 2.45) is 0 Å². The lowest BCUT2D eigenvalue weighted by atomic mass is 10.4. The van der Waals surface area contributed by atoms with Crippen LogP contribution in [0.3, 0.4) is 0 Å². The maximum Gasteiger partial charge on any atom is 0.0459 e. The molecule has 0 unspecified atom stereocenters. The molecule has 1 heteroatoms. The third-order valence-corrected chi connectivity index (χ3v) is 0.250. The molecule has 0 fully saturated rings. The van der Waals surface area contributed by atoms with Gasteiger partial charge in [0.05, 0.1) is 0 Å². The van der Waals surface area contributed by atoms with E-state index in [1.54, 1.807) is 0 Å². The van der Waals surface area contributed by atoms with Crippen molar-refractivity contribution >= 4 is 0 Å². The second kappa shape index (κ2) is 2.21. The molecule has 1 nitrogen and oxygen atoms in total. The fourth-order valence-electron chi connectivity index (χ4n) is 0. The van der Waals surface area contributed by atoms with Crippen molar-refractivity contribution in [2.45, 2.75) is 19.7 Å². The molecule has 0 atom stereocenters. The zero-order valence-corrected chi connectivity index (χ0v) is 3.00. The quantitative estimate of drug-likeness (QED) is 0.486. The third kappa shape index (κ3) is 3.96. The Kier molecular flexibility index (Phi) is 0.287. The lowest BCUT2D eigenvalue weighted by Crippen LogP contribution is -2.15. The third-order valence-electron chi connectivity index (χ3n) is 0.250. The summed E-state index contributed by atoms with van der Waals surface area (Å²) in [5, 5.41) is 2.00. The Labute approximate surface area is 43.2 Å². The zero-order valence-electron chi connectivity index (χ0n) is 10.0. The summed E-state index contributed by atoms with van der Waals surface area (Å²) < 4.78 is 48.4. The van der Waals surface area contributed by atoms with E-state index in [-0.39, 0.29) is 0 Å². The van der Waals surface area contributed by atoms with Crippen LogP contribution in [-0.4, -0.2) is 13.1 Å². The normalized spacial score (nSPS) is 37.4.